The van der Waals surface area contributed by atoms with Crippen LogP contribution in [0.4, 0.5) is 0 Å². The second-order valence-corrected chi connectivity index (χ2v) is 7.36. The molecular formula is C23H21NO4. The number of hydrogen-bond donors (Lipinski definition) is 1. The Labute approximate surface area is 163 Å². The van der Waals surface area contributed by atoms with E-state index in [2.05, 4.69) is 35.2 Å². The fourth-order valence-corrected chi connectivity index (χ4v) is 4.40. The molecule has 2 aliphatic rings. The number of fused-ring (bicyclic) bond motifs is 2. The molecule has 1 saturated heterocycles. The maximum absolute atomic E-state index is 11.9. The minimum absolute atomic E-state index is 0.150. The molecule has 0 spiro atoms. The number of aliphatic carboxylic acids is 1. The van der Waals surface area contributed by atoms with Gasteiger partial charge in [-0.1, -0.05) is 42.5 Å². The average Bonchev–Trinajstić information content (AvgIpc) is 3.37. The number of carboxylic acid groups (broad SMARTS) is 1. The summed E-state index contributed by atoms with van der Waals surface area (Å²) in [5, 5.41) is 12.1. The lowest BCUT2D eigenvalue weighted by molar-refractivity contribution is -0.142. The predicted molar refractivity (Wildman–Crippen MR) is 106 cm³/mol. The number of ether oxygens (including phenoxy) is 2. The van der Waals surface area contributed by atoms with Gasteiger partial charge in [0.15, 0.2) is 11.5 Å². The second kappa shape index (κ2) is 6.84. The summed E-state index contributed by atoms with van der Waals surface area (Å²) in [5.74, 6) is 0.690. The summed E-state index contributed by atoms with van der Waals surface area (Å²) in [4.78, 5) is 14.0. The van der Waals surface area contributed by atoms with Gasteiger partial charge in [0.1, 0.15) is 6.04 Å². The molecule has 2 atom stereocenters. The summed E-state index contributed by atoms with van der Waals surface area (Å²) in [6.07, 6.45) is 1.55. The van der Waals surface area contributed by atoms with Gasteiger partial charge in [-0.15, -0.1) is 0 Å². The van der Waals surface area contributed by atoms with Crippen molar-refractivity contribution in [3.05, 3.63) is 71.8 Å². The van der Waals surface area contributed by atoms with Crippen molar-refractivity contribution in [1.82, 2.24) is 4.90 Å². The Hall–Kier alpha value is -3.05. The summed E-state index contributed by atoms with van der Waals surface area (Å²) in [6.45, 7) is 0.976. The van der Waals surface area contributed by atoms with Gasteiger partial charge in [0, 0.05) is 6.54 Å². The second-order valence-electron chi connectivity index (χ2n) is 7.36. The van der Waals surface area contributed by atoms with E-state index < -0.39 is 12.0 Å². The monoisotopic (exact) mass is 375 g/mol. The van der Waals surface area contributed by atoms with Crippen molar-refractivity contribution in [3.8, 4) is 11.5 Å². The third-order valence-electron chi connectivity index (χ3n) is 5.71. The van der Waals surface area contributed by atoms with Crippen LogP contribution >= 0.6 is 0 Å². The first-order valence-electron chi connectivity index (χ1n) is 9.57. The number of carboxylic acids is 1. The summed E-state index contributed by atoms with van der Waals surface area (Å²) in [7, 11) is 0. The molecule has 0 amide bonds. The molecule has 0 aromatic heterocycles. The van der Waals surface area contributed by atoms with Crippen LogP contribution in [0.2, 0.25) is 0 Å². The molecule has 2 aliphatic heterocycles. The highest BCUT2D eigenvalue weighted by molar-refractivity contribution is 5.83. The molecule has 3 aromatic carbocycles. The lowest BCUT2D eigenvalue weighted by atomic mass is 9.94. The molecule has 5 heteroatoms. The van der Waals surface area contributed by atoms with Gasteiger partial charge in [0.2, 0.25) is 6.79 Å². The van der Waals surface area contributed by atoms with Gasteiger partial charge in [-0.3, -0.25) is 9.69 Å². The SMILES string of the molecule is O=C(O)C1CCCN1C(c1ccc2c(c1)OCO2)c1ccc2ccccc2c1. The van der Waals surface area contributed by atoms with Crippen LogP contribution in [0.5, 0.6) is 11.5 Å². The predicted octanol–water partition coefficient (Wildman–Crippen LogP) is 4.21. The summed E-state index contributed by atoms with van der Waals surface area (Å²) in [6, 6.07) is 19.9. The zero-order valence-electron chi connectivity index (χ0n) is 15.4. The Morgan fingerprint density at radius 2 is 1.71 bits per heavy atom. The fourth-order valence-electron chi connectivity index (χ4n) is 4.40. The van der Waals surface area contributed by atoms with Crippen LogP contribution in [0.1, 0.15) is 30.0 Å². The van der Waals surface area contributed by atoms with Gasteiger partial charge in [-0.2, -0.15) is 0 Å². The lowest BCUT2D eigenvalue weighted by Crippen LogP contribution is -2.39. The Morgan fingerprint density at radius 3 is 2.57 bits per heavy atom. The molecule has 3 aromatic rings. The molecule has 1 N–H and O–H groups in total. The van der Waals surface area contributed by atoms with E-state index in [4.69, 9.17) is 9.47 Å². The third kappa shape index (κ3) is 2.88. The van der Waals surface area contributed by atoms with E-state index in [0.29, 0.717) is 6.42 Å². The Kier molecular flexibility index (Phi) is 4.17. The van der Waals surface area contributed by atoms with E-state index in [1.807, 2.05) is 30.3 Å². The van der Waals surface area contributed by atoms with Crippen molar-refractivity contribution in [2.75, 3.05) is 13.3 Å². The molecule has 0 saturated carbocycles. The fraction of sp³-hybridized carbons (Fsp3) is 0.261. The summed E-state index contributed by atoms with van der Waals surface area (Å²) >= 11 is 0. The molecule has 28 heavy (non-hydrogen) atoms. The number of rotatable bonds is 4. The maximum Gasteiger partial charge on any atom is 0.320 e. The van der Waals surface area contributed by atoms with Crippen LogP contribution in [0.15, 0.2) is 60.7 Å². The highest BCUT2D eigenvalue weighted by Crippen LogP contribution is 2.40. The Bertz CT molecular complexity index is 1050. The van der Waals surface area contributed by atoms with E-state index in [0.717, 1.165) is 41.0 Å². The number of nitrogens with zero attached hydrogens (tertiary/aromatic N) is 1. The van der Waals surface area contributed by atoms with E-state index in [9.17, 15) is 9.90 Å². The molecule has 5 rings (SSSR count). The third-order valence-corrected chi connectivity index (χ3v) is 5.71. The van der Waals surface area contributed by atoms with Crippen molar-refractivity contribution < 1.29 is 19.4 Å². The number of hydrogen-bond acceptors (Lipinski definition) is 4. The van der Waals surface area contributed by atoms with Gasteiger partial charge in [-0.25, -0.2) is 0 Å². The van der Waals surface area contributed by atoms with Crippen molar-refractivity contribution in [2.45, 2.75) is 24.9 Å². The zero-order chi connectivity index (χ0) is 19.1. The summed E-state index contributed by atoms with van der Waals surface area (Å²) < 4.78 is 11.0. The summed E-state index contributed by atoms with van der Waals surface area (Å²) in [5.41, 5.74) is 2.11. The van der Waals surface area contributed by atoms with E-state index in [-0.39, 0.29) is 12.8 Å². The first-order valence-corrected chi connectivity index (χ1v) is 9.57. The molecular weight excluding hydrogens is 354 g/mol. The van der Waals surface area contributed by atoms with Crippen molar-refractivity contribution in [2.24, 2.45) is 0 Å². The molecule has 5 nitrogen and oxygen atoms in total. The number of carbonyl (C=O) groups is 1. The number of likely N-dealkylation sites (tertiary alicyclic amines) is 1. The zero-order valence-corrected chi connectivity index (χ0v) is 15.4. The maximum atomic E-state index is 11.9. The molecule has 0 aliphatic carbocycles. The quantitative estimate of drug-likeness (QED) is 0.740. The number of benzene rings is 3. The van der Waals surface area contributed by atoms with Gasteiger partial charge >= 0.3 is 5.97 Å². The first kappa shape index (κ1) is 17.1. The highest BCUT2D eigenvalue weighted by atomic mass is 16.7. The topological polar surface area (TPSA) is 59.0 Å². The minimum Gasteiger partial charge on any atom is -0.480 e. The molecule has 2 unspecified atom stereocenters. The van der Waals surface area contributed by atoms with Crippen LogP contribution in [0, 0.1) is 0 Å². The van der Waals surface area contributed by atoms with Crippen LogP contribution in [0.3, 0.4) is 0 Å². The van der Waals surface area contributed by atoms with Gasteiger partial charge in [0.05, 0.1) is 6.04 Å². The van der Waals surface area contributed by atoms with Crippen molar-refractivity contribution in [3.63, 3.8) is 0 Å². The van der Waals surface area contributed by atoms with Crippen LogP contribution in [0.25, 0.3) is 10.8 Å². The van der Waals surface area contributed by atoms with Crippen molar-refractivity contribution in [1.29, 1.82) is 0 Å². The normalized spacial score (nSPS) is 19.8. The molecule has 0 bridgehead atoms. The lowest BCUT2D eigenvalue weighted by Gasteiger charge is -2.32. The van der Waals surface area contributed by atoms with Crippen molar-refractivity contribution >= 4 is 16.7 Å². The van der Waals surface area contributed by atoms with E-state index in [1.165, 1.54) is 5.39 Å². The van der Waals surface area contributed by atoms with E-state index in [1.54, 1.807) is 0 Å². The van der Waals surface area contributed by atoms with Gasteiger partial charge in [0.25, 0.3) is 0 Å². The largest absolute Gasteiger partial charge is 0.480 e. The molecule has 2 heterocycles. The van der Waals surface area contributed by atoms with E-state index >= 15 is 0 Å². The Balaban J connectivity index is 1.64. The molecule has 0 radical (unpaired) electrons. The minimum atomic E-state index is -0.760. The average molecular weight is 375 g/mol. The Morgan fingerprint density at radius 1 is 0.964 bits per heavy atom. The molecule has 1 fully saturated rings. The first-order chi connectivity index (χ1) is 13.7. The van der Waals surface area contributed by atoms with Gasteiger partial charge in [-0.05, 0) is 52.9 Å². The highest BCUT2D eigenvalue weighted by Gasteiger charge is 2.37. The van der Waals surface area contributed by atoms with Crippen LogP contribution in [-0.2, 0) is 4.79 Å². The van der Waals surface area contributed by atoms with Crippen LogP contribution < -0.4 is 9.47 Å². The standard InChI is InChI=1S/C23H21NO4/c25-23(26)19-6-3-11-24(19)22(18-9-10-20-21(13-18)28-14-27-20)17-8-7-15-4-1-2-5-16(15)12-17/h1-2,4-5,7-10,12-13,19,22H,3,6,11,14H2,(H,25,26). The van der Waals surface area contributed by atoms with Gasteiger partial charge < -0.3 is 14.6 Å². The molecule has 142 valence electrons. The van der Waals surface area contributed by atoms with Crippen LogP contribution in [-0.4, -0.2) is 35.4 Å². The smallest absolute Gasteiger partial charge is 0.320 e.